The third-order valence-electron chi connectivity index (χ3n) is 2.62. The van der Waals surface area contributed by atoms with Crippen LogP contribution in [0.25, 0.3) is 11.3 Å². The minimum absolute atomic E-state index is 0.130. The Labute approximate surface area is 99.1 Å². The maximum absolute atomic E-state index is 10.9. The standard InChI is InChI=1S/C13H12N2O2/c1-9-5-6-14-12(7-9)11-4-3-10(2)13(8-11)15(16)17/h3-8H,1-2H3. The number of hydrogen-bond acceptors (Lipinski definition) is 3. The molecule has 0 saturated heterocycles. The van der Waals surface area contributed by atoms with E-state index < -0.39 is 0 Å². The van der Waals surface area contributed by atoms with E-state index in [1.54, 1.807) is 25.3 Å². The van der Waals surface area contributed by atoms with Crippen LogP contribution in [-0.2, 0) is 0 Å². The van der Waals surface area contributed by atoms with Gasteiger partial charge < -0.3 is 0 Å². The molecule has 0 fully saturated rings. The summed E-state index contributed by atoms with van der Waals surface area (Å²) < 4.78 is 0. The maximum Gasteiger partial charge on any atom is 0.272 e. The molecule has 0 amide bonds. The van der Waals surface area contributed by atoms with Crippen LogP contribution in [0, 0.1) is 24.0 Å². The third-order valence-corrected chi connectivity index (χ3v) is 2.62. The molecule has 0 saturated carbocycles. The molecule has 0 bridgehead atoms. The van der Waals surface area contributed by atoms with Crippen molar-refractivity contribution in [3.63, 3.8) is 0 Å². The van der Waals surface area contributed by atoms with Crippen molar-refractivity contribution in [2.75, 3.05) is 0 Å². The molecular formula is C13H12N2O2. The van der Waals surface area contributed by atoms with Gasteiger partial charge in [-0.1, -0.05) is 12.1 Å². The summed E-state index contributed by atoms with van der Waals surface area (Å²) in [6, 6.07) is 8.97. The largest absolute Gasteiger partial charge is 0.272 e. The van der Waals surface area contributed by atoms with E-state index in [0.29, 0.717) is 5.56 Å². The summed E-state index contributed by atoms with van der Waals surface area (Å²) in [4.78, 5) is 14.7. The Morgan fingerprint density at radius 1 is 1.18 bits per heavy atom. The lowest BCUT2D eigenvalue weighted by Crippen LogP contribution is -1.93. The van der Waals surface area contributed by atoms with E-state index in [4.69, 9.17) is 0 Å². The van der Waals surface area contributed by atoms with Crippen LogP contribution >= 0.6 is 0 Å². The quantitative estimate of drug-likeness (QED) is 0.585. The monoisotopic (exact) mass is 228 g/mol. The van der Waals surface area contributed by atoms with Crippen LogP contribution in [0.1, 0.15) is 11.1 Å². The number of aryl methyl sites for hydroxylation is 2. The average molecular weight is 228 g/mol. The normalized spacial score (nSPS) is 10.2. The molecule has 4 nitrogen and oxygen atoms in total. The molecule has 0 aliphatic carbocycles. The molecule has 0 unspecified atom stereocenters. The van der Waals surface area contributed by atoms with Crippen LogP contribution < -0.4 is 0 Å². The third kappa shape index (κ3) is 2.30. The predicted molar refractivity (Wildman–Crippen MR) is 65.8 cm³/mol. The predicted octanol–water partition coefficient (Wildman–Crippen LogP) is 3.27. The minimum atomic E-state index is -0.366. The second-order valence-corrected chi connectivity index (χ2v) is 3.98. The summed E-state index contributed by atoms with van der Waals surface area (Å²) in [6.45, 7) is 3.69. The Bertz CT molecular complexity index is 579. The van der Waals surface area contributed by atoms with Gasteiger partial charge in [-0.15, -0.1) is 0 Å². The number of aromatic nitrogens is 1. The zero-order valence-corrected chi connectivity index (χ0v) is 9.68. The maximum atomic E-state index is 10.9. The molecule has 1 aromatic heterocycles. The SMILES string of the molecule is Cc1ccnc(-c2ccc(C)c([N+](=O)[O-])c2)c1. The van der Waals surface area contributed by atoms with Crippen molar-refractivity contribution in [3.05, 3.63) is 57.8 Å². The lowest BCUT2D eigenvalue weighted by Gasteiger charge is -2.03. The van der Waals surface area contributed by atoms with E-state index in [1.165, 1.54) is 0 Å². The van der Waals surface area contributed by atoms with E-state index in [9.17, 15) is 10.1 Å². The number of nitro benzene ring substituents is 1. The highest BCUT2D eigenvalue weighted by molar-refractivity contribution is 5.64. The van der Waals surface area contributed by atoms with Crippen LogP contribution in [0.5, 0.6) is 0 Å². The highest BCUT2D eigenvalue weighted by Crippen LogP contribution is 2.25. The zero-order valence-electron chi connectivity index (χ0n) is 9.68. The van der Waals surface area contributed by atoms with Gasteiger partial charge in [0.2, 0.25) is 0 Å². The number of nitrogens with zero attached hydrogens (tertiary/aromatic N) is 2. The Morgan fingerprint density at radius 3 is 2.59 bits per heavy atom. The molecule has 0 radical (unpaired) electrons. The van der Waals surface area contributed by atoms with Gasteiger partial charge in [0.1, 0.15) is 0 Å². The summed E-state index contributed by atoms with van der Waals surface area (Å²) in [5.74, 6) is 0. The highest BCUT2D eigenvalue weighted by atomic mass is 16.6. The molecule has 0 aliphatic rings. The van der Waals surface area contributed by atoms with Gasteiger partial charge >= 0.3 is 0 Å². The Hall–Kier alpha value is -2.23. The molecule has 86 valence electrons. The van der Waals surface area contributed by atoms with Crippen LogP contribution in [0.2, 0.25) is 0 Å². The molecule has 0 aliphatic heterocycles. The van der Waals surface area contributed by atoms with Crippen molar-refractivity contribution in [1.29, 1.82) is 0 Å². The average Bonchev–Trinajstić information content (AvgIpc) is 2.29. The Morgan fingerprint density at radius 2 is 1.94 bits per heavy atom. The van der Waals surface area contributed by atoms with E-state index in [-0.39, 0.29) is 10.6 Å². The Balaban J connectivity index is 2.54. The smallest absolute Gasteiger partial charge is 0.258 e. The van der Waals surface area contributed by atoms with Gasteiger partial charge in [0.15, 0.2) is 0 Å². The molecule has 1 heterocycles. The first-order valence-electron chi connectivity index (χ1n) is 5.26. The molecule has 0 N–H and O–H groups in total. The minimum Gasteiger partial charge on any atom is -0.258 e. The molecule has 17 heavy (non-hydrogen) atoms. The fraction of sp³-hybridized carbons (Fsp3) is 0.154. The van der Waals surface area contributed by atoms with E-state index in [0.717, 1.165) is 16.8 Å². The molecular weight excluding hydrogens is 216 g/mol. The van der Waals surface area contributed by atoms with Crippen molar-refractivity contribution in [1.82, 2.24) is 4.98 Å². The molecule has 2 rings (SSSR count). The van der Waals surface area contributed by atoms with Gasteiger partial charge in [-0.05, 0) is 31.5 Å². The summed E-state index contributed by atoms with van der Waals surface area (Å²) in [5, 5.41) is 10.9. The first kappa shape index (κ1) is 11.3. The van der Waals surface area contributed by atoms with Crippen LogP contribution in [0.3, 0.4) is 0 Å². The number of pyridine rings is 1. The number of benzene rings is 1. The van der Waals surface area contributed by atoms with Crippen LogP contribution in [0.4, 0.5) is 5.69 Å². The van der Waals surface area contributed by atoms with Crippen molar-refractivity contribution in [3.8, 4) is 11.3 Å². The summed E-state index contributed by atoms with van der Waals surface area (Å²) in [5.41, 5.74) is 3.40. The fourth-order valence-electron chi connectivity index (χ4n) is 1.66. The Kier molecular flexibility index (Phi) is 2.87. The lowest BCUT2D eigenvalue weighted by molar-refractivity contribution is -0.385. The topological polar surface area (TPSA) is 56.0 Å². The second-order valence-electron chi connectivity index (χ2n) is 3.98. The van der Waals surface area contributed by atoms with Gasteiger partial charge in [-0.25, -0.2) is 0 Å². The molecule has 0 spiro atoms. The molecule has 0 atom stereocenters. The van der Waals surface area contributed by atoms with Gasteiger partial charge in [0.05, 0.1) is 10.6 Å². The lowest BCUT2D eigenvalue weighted by atomic mass is 10.1. The first-order chi connectivity index (χ1) is 8.08. The summed E-state index contributed by atoms with van der Waals surface area (Å²) in [7, 11) is 0. The van der Waals surface area contributed by atoms with Gasteiger partial charge in [0, 0.05) is 23.4 Å². The highest BCUT2D eigenvalue weighted by Gasteiger charge is 2.12. The first-order valence-corrected chi connectivity index (χ1v) is 5.26. The van der Waals surface area contributed by atoms with Crippen molar-refractivity contribution < 1.29 is 4.92 Å². The number of rotatable bonds is 2. The van der Waals surface area contributed by atoms with E-state index >= 15 is 0 Å². The zero-order chi connectivity index (χ0) is 12.4. The molecule has 2 aromatic rings. The number of hydrogen-bond donors (Lipinski definition) is 0. The second kappa shape index (κ2) is 4.33. The van der Waals surface area contributed by atoms with Gasteiger partial charge in [-0.2, -0.15) is 0 Å². The van der Waals surface area contributed by atoms with Crippen molar-refractivity contribution >= 4 is 5.69 Å². The van der Waals surface area contributed by atoms with Crippen molar-refractivity contribution in [2.24, 2.45) is 0 Å². The number of nitro groups is 1. The summed E-state index contributed by atoms with van der Waals surface area (Å²) >= 11 is 0. The molecule has 4 heteroatoms. The fourth-order valence-corrected chi connectivity index (χ4v) is 1.66. The molecule has 1 aromatic carbocycles. The van der Waals surface area contributed by atoms with E-state index in [2.05, 4.69) is 4.98 Å². The van der Waals surface area contributed by atoms with Gasteiger partial charge in [0.25, 0.3) is 5.69 Å². The van der Waals surface area contributed by atoms with Crippen LogP contribution in [0.15, 0.2) is 36.5 Å². The summed E-state index contributed by atoms with van der Waals surface area (Å²) in [6.07, 6.45) is 1.70. The van der Waals surface area contributed by atoms with Crippen LogP contribution in [-0.4, -0.2) is 9.91 Å². The van der Waals surface area contributed by atoms with Crippen molar-refractivity contribution in [2.45, 2.75) is 13.8 Å². The van der Waals surface area contributed by atoms with Gasteiger partial charge in [-0.3, -0.25) is 15.1 Å². The van der Waals surface area contributed by atoms with E-state index in [1.807, 2.05) is 25.1 Å².